The molecule has 220 valence electrons. The van der Waals surface area contributed by atoms with Crippen LogP contribution >= 0.6 is 11.3 Å². The third-order valence-corrected chi connectivity index (χ3v) is 10.7. The van der Waals surface area contributed by atoms with Gasteiger partial charge in [0.05, 0.1) is 21.4 Å². The Labute approximate surface area is 276 Å². The van der Waals surface area contributed by atoms with E-state index in [1.807, 2.05) is 11.3 Å². The fourth-order valence-electron chi connectivity index (χ4n) is 7.49. The average molecular weight is 617 g/mol. The van der Waals surface area contributed by atoms with Crippen LogP contribution in [-0.2, 0) is 0 Å². The summed E-state index contributed by atoms with van der Waals surface area (Å²) in [5.74, 6) is 0. The number of anilines is 3. The molecule has 0 radical (unpaired) electrons. The van der Waals surface area contributed by atoms with Crippen molar-refractivity contribution < 1.29 is 0 Å². The largest absolute Gasteiger partial charge is 0.309 e. The van der Waals surface area contributed by atoms with Gasteiger partial charge >= 0.3 is 0 Å². The highest BCUT2D eigenvalue weighted by molar-refractivity contribution is 7.26. The number of fused-ring (bicyclic) bond motifs is 10. The SMILES string of the molecule is c1ccc(N(c2ccc3c(c2)c2ccc4ccccc4c2n3-c2ccccc2)c2cccc3c2sc2ccc4ccccc4c23)cc1. The lowest BCUT2D eigenvalue weighted by Gasteiger charge is -2.26. The van der Waals surface area contributed by atoms with Crippen molar-refractivity contribution in [1.82, 2.24) is 4.57 Å². The highest BCUT2D eigenvalue weighted by atomic mass is 32.1. The molecule has 10 rings (SSSR count). The van der Waals surface area contributed by atoms with E-state index in [1.165, 1.54) is 74.9 Å². The van der Waals surface area contributed by atoms with Gasteiger partial charge in [-0.2, -0.15) is 0 Å². The van der Waals surface area contributed by atoms with Crippen LogP contribution in [0.5, 0.6) is 0 Å². The Bertz CT molecular complexity index is 2790. The molecular weight excluding hydrogens is 589 g/mol. The maximum absolute atomic E-state index is 2.44. The maximum atomic E-state index is 2.44. The molecule has 0 aliphatic heterocycles. The molecule has 0 aliphatic rings. The molecule has 0 bridgehead atoms. The predicted octanol–water partition coefficient (Wildman–Crippen LogP) is 12.9. The summed E-state index contributed by atoms with van der Waals surface area (Å²) in [6.07, 6.45) is 0. The van der Waals surface area contributed by atoms with Crippen LogP contribution in [0.25, 0.3) is 69.2 Å². The number of nitrogens with zero attached hydrogens (tertiary/aromatic N) is 2. The first-order chi connectivity index (χ1) is 23.3. The molecule has 2 nitrogen and oxygen atoms in total. The second-order valence-electron chi connectivity index (χ2n) is 12.1. The van der Waals surface area contributed by atoms with Crippen LogP contribution in [0.1, 0.15) is 0 Å². The van der Waals surface area contributed by atoms with Gasteiger partial charge in [-0.25, -0.2) is 0 Å². The van der Waals surface area contributed by atoms with Gasteiger partial charge in [0.2, 0.25) is 0 Å². The lowest BCUT2D eigenvalue weighted by atomic mass is 10.0. The molecule has 0 aliphatic carbocycles. The topological polar surface area (TPSA) is 8.17 Å². The van der Waals surface area contributed by atoms with E-state index in [-0.39, 0.29) is 0 Å². The van der Waals surface area contributed by atoms with Crippen molar-refractivity contribution >= 4 is 91.9 Å². The van der Waals surface area contributed by atoms with Crippen molar-refractivity contribution in [1.29, 1.82) is 0 Å². The van der Waals surface area contributed by atoms with Gasteiger partial charge in [-0.05, 0) is 70.8 Å². The third kappa shape index (κ3) is 3.97. The second-order valence-corrected chi connectivity index (χ2v) is 13.2. The van der Waals surface area contributed by atoms with Gasteiger partial charge in [0.15, 0.2) is 0 Å². The Balaban J connectivity index is 1.28. The minimum atomic E-state index is 1.14. The number of hydrogen-bond donors (Lipinski definition) is 0. The van der Waals surface area contributed by atoms with E-state index in [2.05, 4.69) is 179 Å². The monoisotopic (exact) mass is 616 g/mol. The quantitative estimate of drug-likeness (QED) is 0.191. The number of aromatic nitrogens is 1. The lowest BCUT2D eigenvalue weighted by molar-refractivity contribution is 1.18. The maximum Gasteiger partial charge on any atom is 0.0640 e. The zero-order valence-electron chi connectivity index (χ0n) is 25.5. The van der Waals surface area contributed by atoms with Gasteiger partial charge in [0, 0.05) is 48.7 Å². The lowest BCUT2D eigenvalue weighted by Crippen LogP contribution is -2.10. The molecule has 47 heavy (non-hydrogen) atoms. The molecule has 2 aromatic heterocycles. The van der Waals surface area contributed by atoms with E-state index in [9.17, 15) is 0 Å². The number of hydrogen-bond acceptors (Lipinski definition) is 2. The predicted molar refractivity (Wildman–Crippen MR) is 203 cm³/mol. The van der Waals surface area contributed by atoms with Crippen molar-refractivity contribution in [3.05, 3.63) is 170 Å². The molecule has 3 heteroatoms. The van der Waals surface area contributed by atoms with Crippen molar-refractivity contribution in [3.8, 4) is 5.69 Å². The van der Waals surface area contributed by atoms with E-state index in [4.69, 9.17) is 0 Å². The molecular formula is C44H28N2S. The van der Waals surface area contributed by atoms with Crippen LogP contribution in [0.2, 0.25) is 0 Å². The Morgan fingerprint density at radius 1 is 0.447 bits per heavy atom. The summed E-state index contributed by atoms with van der Waals surface area (Å²) >= 11 is 1.88. The zero-order chi connectivity index (χ0) is 30.9. The third-order valence-electron chi connectivity index (χ3n) is 9.53. The van der Waals surface area contributed by atoms with Gasteiger partial charge in [-0.1, -0.05) is 115 Å². The van der Waals surface area contributed by atoms with Crippen LogP contribution in [0, 0.1) is 0 Å². The number of rotatable bonds is 4. The number of para-hydroxylation sites is 2. The van der Waals surface area contributed by atoms with E-state index >= 15 is 0 Å². The zero-order valence-corrected chi connectivity index (χ0v) is 26.3. The van der Waals surface area contributed by atoms with E-state index in [0.29, 0.717) is 0 Å². The fraction of sp³-hybridized carbons (Fsp3) is 0. The molecule has 0 saturated carbocycles. The Morgan fingerprint density at radius 2 is 1.13 bits per heavy atom. The molecule has 0 N–H and O–H groups in total. The highest BCUT2D eigenvalue weighted by Crippen LogP contribution is 2.47. The molecule has 0 fully saturated rings. The van der Waals surface area contributed by atoms with Gasteiger partial charge in [-0.3, -0.25) is 0 Å². The van der Waals surface area contributed by atoms with Crippen LogP contribution in [0.3, 0.4) is 0 Å². The average Bonchev–Trinajstić information content (AvgIpc) is 3.69. The molecule has 0 amide bonds. The summed E-state index contributed by atoms with van der Waals surface area (Å²) in [6.45, 7) is 0. The minimum absolute atomic E-state index is 1.14. The summed E-state index contributed by atoms with van der Waals surface area (Å²) in [7, 11) is 0. The highest BCUT2D eigenvalue weighted by Gasteiger charge is 2.21. The summed E-state index contributed by atoms with van der Waals surface area (Å²) in [4.78, 5) is 2.44. The first-order valence-electron chi connectivity index (χ1n) is 16.0. The smallest absolute Gasteiger partial charge is 0.0640 e. The van der Waals surface area contributed by atoms with Crippen molar-refractivity contribution in [2.24, 2.45) is 0 Å². The van der Waals surface area contributed by atoms with Crippen molar-refractivity contribution in [2.45, 2.75) is 0 Å². The first kappa shape index (κ1) is 26.3. The Hall–Kier alpha value is -5.90. The minimum Gasteiger partial charge on any atom is -0.309 e. The number of benzene rings is 8. The molecule has 8 aromatic carbocycles. The standard InChI is InChI=1S/C44H28N2S/c1-3-14-31(15-4-1)45(40-21-11-20-37-42-34-18-9-7-12-29(34)23-27-41(42)47-44(37)40)33-24-26-39-38(28-33)36-25-22-30-13-8-10-19-35(30)43(36)46(39)32-16-5-2-6-17-32/h1-28H. The first-order valence-corrected chi connectivity index (χ1v) is 16.8. The Morgan fingerprint density at radius 3 is 1.96 bits per heavy atom. The molecule has 0 unspecified atom stereocenters. The van der Waals surface area contributed by atoms with Gasteiger partial charge in [0.25, 0.3) is 0 Å². The normalized spacial score (nSPS) is 11.8. The summed E-state index contributed by atoms with van der Waals surface area (Å²) < 4.78 is 5.04. The van der Waals surface area contributed by atoms with E-state index < -0.39 is 0 Å². The van der Waals surface area contributed by atoms with Crippen LogP contribution in [-0.4, -0.2) is 4.57 Å². The second kappa shape index (κ2) is 10.3. The van der Waals surface area contributed by atoms with E-state index in [0.717, 1.165) is 11.4 Å². The summed E-state index contributed by atoms with van der Waals surface area (Å²) in [6, 6.07) is 61.9. The molecule has 10 aromatic rings. The van der Waals surface area contributed by atoms with Gasteiger partial charge < -0.3 is 9.47 Å². The fourth-order valence-corrected chi connectivity index (χ4v) is 8.71. The van der Waals surface area contributed by atoms with E-state index in [1.54, 1.807) is 0 Å². The van der Waals surface area contributed by atoms with Gasteiger partial charge in [0.1, 0.15) is 0 Å². The molecule has 0 saturated heterocycles. The van der Waals surface area contributed by atoms with Crippen LogP contribution < -0.4 is 4.90 Å². The van der Waals surface area contributed by atoms with Crippen LogP contribution in [0.15, 0.2) is 170 Å². The van der Waals surface area contributed by atoms with Crippen molar-refractivity contribution in [3.63, 3.8) is 0 Å². The Kier molecular flexibility index (Phi) is 5.78. The molecule has 0 spiro atoms. The number of thiophene rings is 1. The van der Waals surface area contributed by atoms with Gasteiger partial charge in [-0.15, -0.1) is 11.3 Å². The summed E-state index contributed by atoms with van der Waals surface area (Å²) in [5.41, 5.74) is 7.07. The van der Waals surface area contributed by atoms with Crippen LogP contribution in [0.4, 0.5) is 17.1 Å². The summed E-state index contributed by atoms with van der Waals surface area (Å²) in [5, 5.41) is 10.2. The molecule has 2 heterocycles. The molecule has 0 atom stereocenters. The van der Waals surface area contributed by atoms with Crippen molar-refractivity contribution in [2.75, 3.05) is 4.90 Å².